The Bertz CT molecular complexity index is 386. The zero-order valence-corrected chi connectivity index (χ0v) is 12.0. The van der Waals surface area contributed by atoms with Crippen LogP contribution in [0.3, 0.4) is 0 Å². The lowest BCUT2D eigenvalue weighted by Crippen LogP contribution is -2.43. The van der Waals surface area contributed by atoms with E-state index in [1.807, 2.05) is 20.8 Å². The van der Waals surface area contributed by atoms with E-state index >= 15 is 0 Å². The number of hydrogen-bond donors (Lipinski definition) is 1. The third kappa shape index (κ3) is 4.15. The summed E-state index contributed by atoms with van der Waals surface area (Å²) in [6.45, 7) is 5.90. The first-order valence-corrected chi connectivity index (χ1v) is 8.20. The van der Waals surface area contributed by atoms with E-state index in [-0.39, 0.29) is 17.0 Å². The second-order valence-corrected chi connectivity index (χ2v) is 8.41. The Morgan fingerprint density at radius 1 is 1.47 bits per heavy atom. The fourth-order valence-electron chi connectivity index (χ4n) is 1.45. The van der Waals surface area contributed by atoms with E-state index in [9.17, 15) is 13.2 Å². The Balaban J connectivity index is 2.73. The van der Waals surface area contributed by atoms with Gasteiger partial charge in [0, 0.05) is 5.75 Å². The van der Waals surface area contributed by atoms with Crippen LogP contribution in [0, 0.1) is 5.41 Å². The molecule has 0 spiro atoms. The van der Waals surface area contributed by atoms with Gasteiger partial charge in [-0.05, 0) is 11.8 Å². The molecule has 0 saturated carbocycles. The van der Waals surface area contributed by atoms with Crippen LogP contribution in [0.4, 0.5) is 0 Å². The third-order valence-electron chi connectivity index (χ3n) is 2.59. The van der Waals surface area contributed by atoms with Crippen LogP contribution < -0.4 is 0 Å². The summed E-state index contributed by atoms with van der Waals surface area (Å²) >= 11 is 1.34. The SMILES string of the molecule is CC(C)(C)CCS(=O)(=O)N1CSC[C@H]1C(=O)O. The summed E-state index contributed by atoms with van der Waals surface area (Å²) < 4.78 is 25.2. The minimum absolute atomic E-state index is 0.0147. The van der Waals surface area contributed by atoms with Gasteiger partial charge in [0.2, 0.25) is 10.0 Å². The van der Waals surface area contributed by atoms with E-state index in [1.54, 1.807) is 0 Å². The Labute approximate surface area is 107 Å². The molecule has 1 fully saturated rings. The van der Waals surface area contributed by atoms with Crippen LogP contribution >= 0.6 is 11.8 Å². The zero-order chi connectivity index (χ0) is 13.3. The Hall–Kier alpha value is -0.270. The predicted molar refractivity (Wildman–Crippen MR) is 68.4 cm³/mol. The zero-order valence-electron chi connectivity index (χ0n) is 10.3. The van der Waals surface area contributed by atoms with Crippen molar-refractivity contribution in [2.75, 3.05) is 17.4 Å². The Morgan fingerprint density at radius 2 is 2.06 bits per heavy atom. The molecule has 0 bridgehead atoms. The molecule has 1 heterocycles. The average molecular weight is 281 g/mol. The molecule has 0 radical (unpaired) electrons. The number of carboxylic acid groups (broad SMARTS) is 1. The average Bonchev–Trinajstić information content (AvgIpc) is 2.62. The molecule has 1 saturated heterocycles. The summed E-state index contributed by atoms with van der Waals surface area (Å²) in [5.41, 5.74) is -0.0708. The predicted octanol–water partition coefficient (Wildman–Crippen LogP) is 1.21. The van der Waals surface area contributed by atoms with Crippen molar-refractivity contribution in [2.45, 2.75) is 33.2 Å². The lowest BCUT2D eigenvalue weighted by atomic mass is 9.94. The fourth-order valence-corrected chi connectivity index (χ4v) is 5.08. The molecule has 1 aliphatic rings. The number of thioether (sulfide) groups is 1. The summed E-state index contributed by atoms with van der Waals surface area (Å²) in [7, 11) is -3.46. The molecular formula is C10H19NO4S2. The molecular weight excluding hydrogens is 262 g/mol. The van der Waals surface area contributed by atoms with Gasteiger partial charge in [0.15, 0.2) is 0 Å². The second-order valence-electron chi connectivity index (χ2n) is 5.37. The Morgan fingerprint density at radius 3 is 2.53 bits per heavy atom. The smallest absolute Gasteiger partial charge is 0.322 e. The van der Waals surface area contributed by atoms with E-state index in [0.29, 0.717) is 12.2 Å². The third-order valence-corrected chi connectivity index (χ3v) is 5.59. The summed E-state index contributed by atoms with van der Waals surface area (Å²) in [6, 6.07) is -0.898. The maximum absolute atomic E-state index is 12.0. The number of aliphatic carboxylic acids is 1. The molecule has 1 atom stereocenters. The van der Waals surface area contributed by atoms with Crippen LogP contribution in [0.2, 0.25) is 0 Å². The van der Waals surface area contributed by atoms with Gasteiger partial charge in [-0.2, -0.15) is 4.31 Å². The van der Waals surface area contributed by atoms with Crippen LogP contribution in [0.1, 0.15) is 27.2 Å². The molecule has 5 nitrogen and oxygen atoms in total. The van der Waals surface area contributed by atoms with E-state index < -0.39 is 22.0 Å². The number of hydrogen-bond acceptors (Lipinski definition) is 4. The summed E-state index contributed by atoms with van der Waals surface area (Å²) in [5, 5.41) is 8.96. The van der Waals surface area contributed by atoms with Crippen molar-refractivity contribution < 1.29 is 18.3 Å². The summed E-state index contributed by atoms with van der Waals surface area (Å²) in [5.74, 6) is -0.455. The maximum atomic E-state index is 12.0. The lowest BCUT2D eigenvalue weighted by Gasteiger charge is -2.23. The first-order chi connectivity index (χ1) is 7.63. The molecule has 1 rings (SSSR count). The van der Waals surface area contributed by atoms with Crippen LogP contribution in [-0.4, -0.2) is 47.2 Å². The van der Waals surface area contributed by atoms with Crippen LogP contribution in [0.25, 0.3) is 0 Å². The van der Waals surface area contributed by atoms with Gasteiger partial charge in [0.1, 0.15) is 6.04 Å². The molecule has 1 aliphatic heterocycles. The van der Waals surface area contributed by atoms with Gasteiger partial charge in [-0.25, -0.2) is 8.42 Å². The van der Waals surface area contributed by atoms with Gasteiger partial charge in [-0.15, -0.1) is 11.8 Å². The van der Waals surface area contributed by atoms with Crippen molar-refractivity contribution in [2.24, 2.45) is 5.41 Å². The van der Waals surface area contributed by atoms with Gasteiger partial charge in [0.05, 0.1) is 11.6 Å². The monoisotopic (exact) mass is 281 g/mol. The standard InChI is InChI=1S/C10H19NO4S2/c1-10(2,3)4-5-17(14,15)11-7-16-6-8(11)9(12)13/h8H,4-7H2,1-3H3,(H,12,13)/t8-/m0/s1. The highest BCUT2D eigenvalue weighted by Gasteiger charge is 2.39. The normalized spacial score (nSPS) is 22.9. The molecule has 0 aromatic heterocycles. The largest absolute Gasteiger partial charge is 0.480 e. The van der Waals surface area contributed by atoms with Crippen molar-refractivity contribution in [3.05, 3.63) is 0 Å². The molecule has 17 heavy (non-hydrogen) atoms. The quantitative estimate of drug-likeness (QED) is 0.838. The van der Waals surface area contributed by atoms with Crippen molar-refractivity contribution in [3.8, 4) is 0 Å². The number of nitrogens with zero attached hydrogens (tertiary/aromatic N) is 1. The molecule has 0 aromatic rings. The highest BCUT2D eigenvalue weighted by molar-refractivity contribution is 8.00. The topological polar surface area (TPSA) is 74.7 Å². The van der Waals surface area contributed by atoms with E-state index in [2.05, 4.69) is 0 Å². The van der Waals surface area contributed by atoms with Gasteiger partial charge in [-0.1, -0.05) is 20.8 Å². The van der Waals surface area contributed by atoms with Gasteiger partial charge >= 0.3 is 5.97 Å². The minimum Gasteiger partial charge on any atom is -0.480 e. The maximum Gasteiger partial charge on any atom is 0.322 e. The number of carbonyl (C=O) groups is 1. The van der Waals surface area contributed by atoms with E-state index in [0.717, 1.165) is 4.31 Å². The van der Waals surface area contributed by atoms with Gasteiger partial charge < -0.3 is 5.11 Å². The van der Waals surface area contributed by atoms with Crippen molar-refractivity contribution in [1.82, 2.24) is 4.31 Å². The molecule has 0 amide bonds. The molecule has 7 heteroatoms. The van der Waals surface area contributed by atoms with Crippen LogP contribution in [-0.2, 0) is 14.8 Å². The van der Waals surface area contributed by atoms with Crippen molar-refractivity contribution >= 4 is 27.8 Å². The Kier molecular flexibility index (Phi) is 4.49. The highest BCUT2D eigenvalue weighted by atomic mass is 32.2. The molecule has 1 N–H and O–H groups in total. The number of carboxylic acids is 1. The van der Waals surface area contributed by atoms with Crippen molar-refractivity contribution in [3.63, 3.8) is 0 Å². The molecule has 0 aromatic carbocycles. The molecule has 0 unspecified atom stereocenters. The van der Waals surface area contributed by atoms with E-state index in [4.69, 9.17) is 5.11 Å². The van der Waals surface area contributed by atoms with Crippen molar-refractivity contribution in [1.29, 1.82) is 0 Å². The highest BCUT2D eigenvalue weighted by Crippen LogP contribution is 2.27. The summed E-state index contributed by atoms with van der Waals surface area (Å²) in [4.78, 5) is 10.9. The first kappa shape index (κ1) is 14.8. The number of rotatable bonds is 4. The van der Waals surface area contributed by atoms with Gasteiger partial charge in [0.25, 0.3) is 0 Å². The fraction of sp³-hybridized carbons (Fsp3) is 0.900. The van der Waals surface area contributed by atoms with Gasteiger partial charge in [-0.3, -0.25) is 4.79 Å². The van der Waals surface area contributed by atoms with Crippen LogP contribution in [0.5, 0.6) is 0 Å². The molecule has 100 valence electrons. The first-order valence-electron chi connectivity index (χ1n) is 5.43. The molecule has 0 aliphatic carbocycles. The summed E-state index contributed by atoms with van der Waals surface area (Å²) in [6.07, 6.45) is 0.531. The number of sulfonamides is 1. The second kappa shape index (κ2) is 5.16. The van der Waals surface area contributed by atoms with E-state index in [1.165, 1.54) is 11.8 Å². The lowest BCUT2D eigenvalue weighted by molar-refractivity contribution is -0.140. The minimum atomic E-state index is -3.46. The van der Waals surface area contributed by atoms with Crippen LogP contribution in [0.15, 0.2) is 0 Å².